The SMILES string of the molecule is CCC[CH2][Zn][CH2]CC. The molecule has 0 atom stereocenters. The van der Waals surface area contributed by atoms with Gasteiger partial charge in [0.15, 0.2) is 0 Å². The topological polar surface area (TPSA) is 0 Å². The van der Waals surface area contributed by atoms with Gasteiger partial charge in [-0.25, -0.2) is 0 Å². The second kappa shape index (κ2) is 7.62. The normalized spacial score (nSPS) is 8.75. The van der Waals surface area contributed by atoms with Crippen molar-refractivity contribution in [2.45, 2.75) is 43.1 Å². The summed E-state index contributed by atoms with van der Waals surface area (Å²) in [5.41, 5.74) is 0. The summed E-state index contributed by atoms with van der Waals surface area (Å²) in [4.78, 5) is 0. The minimum atomic E-state index is 0.0333. The van der Waals surface area contributed by atoms with Crippen LogP contribution in [0, 0.1) is 0 Å². The molecule has 0 nitrogen and oxygen atoms in total. The molecule has 0 fully saturated rings. The monoisotopic (exact) mass is 164 g/mol. The van der Waals surface area contributed by atoms with Crippen LogP contribution in [0.4, 0.5) is 0 Å². The fourth-order valence-electron chi connectivity index (χ4n) is 0.854. The van der Waals surface area contributed by atoms with Crippen LogP contribution in [0.5, 0.6) is 0 Å². The molecule has 0 rings (SSSR count). The van der Waals surface area contributed by atoms with Crippen molar-refractivity contribution in [1.82, 2.24) is 0 Å². The molecular formula is C7H16Zn. The Bertz CT molecular complexity index is 29.4. The first kappa shape index (κ1) is 8.62. The van der Waals surface area contributed by atoms with Gasteiger partial charge in [-0.1, -0.05) is 0 Å². The average molecular weight is 166 g/mol. The first-order chi connectivity index (χ1) is 3.91. The van der Waals surface area contributed by atoms with Gasteiger partial charge in [-0.05, 0) is 0 Å². The molecule has 0 bridgehead atoms. The van der Waals surface area contributed by atoms with Gasteiger partial charge in [0.1, 0.15) is 0 Å². The van der Waals surface area contributed by atoms with Crippen molar-refractivity contribution in [2.75, 3.05) is 0 Å². The maximum absolute atomic E-state index is 2.30. The Hall–Kier alpha value is 0.623. The van der Waals surface area contributed by atoms with Crippen LogP contribution in [0.25, 0.3) is 0 Å². The predicted molar refractivity (Wildman–Crippen MR) is 34.8 cm³/mol. The molecule has 0 heterocycles. The van der Waals surface area contributed by atoms with Gasteiger partial charge < -0.3 is 0 Å². The van der Waals surface area contributed by atoms with E-state index in [0.717, 1.165) is 0 Å². The molecule has 0 radical (unpaired) electrons. The average Bonchev–Trinajstić information content (AvgIpc) is 1.81. The molecular weight excluding hydrogens is 149 g/mol. The van der Waals surface area contributed by atoms with E-state index in [1.165, 1.54) is 19.3 Å². The van der Waals surface area contributed by atoms with Crippen LogP contribution in [0.15, 0.2) is 0 Å². The Kier molecular flexibility index (Phi) is 8.22. The Labute approximate surface area is 60.6 Å². The van der Waals surface area contributed by atoms with Crippen molar-refractivity contribution in [1.29, 1.82) is 0 Å². The van der Waals surface area contributed by atoms with E-state index in [1.807, 2.05) is 0 Å². The van der Waals surface area contributed by atoms with Crippen LogP contribution in [0.1, 0.15) is 33.1 Å². The molecule has 0 saturated carbocycles. The van der Waals surface area contributed by atoms with Crippen molar-refractivity contribution in [3.05, 3.63) is 0 Å². The Morgan fingerprint density at radius 3 is 2.25 bits per heavy atom. The summed E-state index contributed by atoms with van der Waals surface area (Å²) in [5.74, 6) is 0. The Balaban J connectivity index is 2.53. The standard InChI is InChI=1S/C4H9.C3H7.Zn/c1-3-4-2;1-3-2;/h1,3-4H2,2H3;1,3H2,2H3;. The summed E-state index contributed by atoms with van der Waals surface area (Å²) < 4.78 is 0. The Morgan fingerprint density at radius 1 is 1.00 bits per heavy atom. The molecule has 8 heavy (non-hydrogen) atoms. The molecule has 0 aliphatic heterocycles. The minimum absolute atomic E-state index is 0.0333. The summed E-state index contributed by atoms with van der Waals surface area (Å²) in [6, 6.07) is 0. The third-order valence-electron chi connectivity index (χ3n) is 1.46. The van der Waals surface area contributed by atoms with Crippen LogP contribution >= 0.6 is 0 Å². The predicted octanol–water partition coefficient (Wildman–Crippen LogP) is 3.12. The molecule has 46 valence electrons. The molecule has 0 saturated heterocycles. The van der Waals surface area contributed by atoms with Gasteiger partial charge in [0.05, 0.1) is 0 Å². The second-order valence-electron chi connectivity index (χ2n) is 2.41. The van der Waals surface area contributed by atoms with Gasteiger partial charge in [-0.15, -0.1) is 0 Å². The second-order valence-corrected chi connectivity index (χ2v) is 6.86. The van der Waals surface area contributed by atoms with Crippen molar-refractivity contribution in [2.24, 2.45) is 0 Å². The van der Waals surface area contributed by atoms with Gasteiger partial charge in [0, 0.05) is 0 Å². The van der Waals surface area contributed by atoms with Crippen molar-refractivity contribution >= 4 is 0 Å². The molecule has 0 unspecified atom stereocenters. The van der Waals surface area contributed by atoms with Gasteiger partial charge in [0.2, 0.25) is 0 Å². The number of rotatable bonds is 5. The summed E-state index contributed by atoms with van der Waals surface area (Å²) in [6.07, 6.45) is 4.37. The summed E-state index contributed by atoms with van der Waals surface area (Å²) in [5, 5.41) is 3.25. The zero-order valence-corrected chi connectivity index (χ0v) is 9.21. The van der Waals surface area contributed by atoms with E-state index in [4.69, 9.17) is 0 Å². The van der Waals surface area contributed by atoms with Gasteiger partial charge in [0.25, 0.3) is 0 Å². The molecule has 0 aliphatic carbocycles. The molecule has 0 aromatic carbocycles. The van der Waals surface area contributed by atoms with E-state index in [0.29, 0.717) is 0 Å². The first-order valence-corrected chi connectivity index (χ1v) is 8.11. The van der Waals surface area contributed by atoms with Gasteiger partial charge in [-0.2, -0.15) is 0 Å². The van der Waals surface area contributed by atoms with Crippen LogP contribution in [0.2, 0.25) is 10.0 Å². The van der Waals surface area contributed by atoms with E-state index in [1.54, 1.807) is 10.0 Å². The zero-order valence-electron chi connectivity index (χ0n) is 6.24. The molecule has 0 aromatic heterocycles. The Morgan fingerprint density at radius 2 is 1.75 bits per heavy atom. The van der Waals surface area contributed by atoms with E-state index >= 15 is 0 Å². The third-order valence-corrected chi connectivity index (χ3v) is 6.09. The molecule has 0 N–H and O–H groups in total. The fraction of sp³-hybridized carbons (Fsp3) is 1.00. The molecule has 0 amide bonds. The molecule has 1 heteroatoms. The van der Waals surface area contributed by atoms with E-state index < -0.39 is 0 Å². The third kappa shape index (κ3) is 6.62. The van der Waals surface area contributed by atoms with Crippen LogP contribution in [-0.2, 0) is 17.1 Å². The van der Waals surface area contributed by atoms with Gasteiger partial charge >= 0.3 is 60.3 Å². The summed E-state index contributed by atoms with van der Waals surface area (Å²) in [7, 11) is 0. The fourth-order valence-corrected chi connectivity index (χ4v) is 4.44. The first-order valence-electron chi connectivity index (χ1n) is 3.91. The van der Waals surface area contributed by atoms with Gasteiger partial charge in [-0.3, -0.25) is 0 Å². The molecule has 0 aromatic rings. The van der Waals surface area contributed by atoms with Crippen LogP contribution in [0.3, 0.4) is 0 Å². The van der Waals surface area contributed by atoms with Crippen molar-refractivity contribution < 1.29 is 17.1 Å². The molecule has 0 aliphatic rings. The van der Waals surface area contributed by atoms with E-state index in [-0.39, 0.29) is 17.1 Å². The van der Waals surface area contributed by atoms with Crippen LogP contribution in [-0.4, -0.2) is 0 Å². The number of hydrogen-bond donors (Lipinski definition) is 0. The van der Waals surface area contributed by atoms with Crippen molar-refractivity contribution in [3.8, 4) is 0 Å². The zero-order chi connectivity index (χ0) is 6.24. The summed E-state index contributed by atoms with van der Waals surface area (Å²) in [6.45, 7) is 4.59. The van der Waals surface area contributed by atoms with Crippen molar-refractivity contribution in [3.63, 3.8) is 0 Å². The van der Waals surface area contributed by atoms with E-state index in [2.05, 4.69) is 13.8 Å². The number of hydrogen-bond acceptors (Lipinski definition) is 0. The summed E-state index contributed by atoms with van der Waals surface area (Å²) >= 11 is 0.0333. The quantitative estimate of drug-likeness (QED) is 0.434. The maximum atomic E-state index is 2.30. The molecule has 0 spiro atoms. The number of unbranched alkanes of at least 4 members (excludes halogenated alkanes) is 1. The van der Waals surface area contributed by atoms with E-state index in [9.17, 15) is 0 Å². The van der Waals surface area contributed by atoms with Crippen LogP contribution < -0.4 is 0 Å².